The number of ether oxygens (including phenoxy) is 3. The van der Waals surface area contributed by atoms with Crippen molar-refractivity contribution < 1.29 is 18.6 Å². The van der Waals surface area contributed by atoms with Crippen LogP contribution in [0.3, 0.4) is 0 Å². The average molecular weight is 274 g/mol. The molecule has 20 heavy (non-hydrogen) atoms. The van der Waals surface area contributed by atoms with E-state index < -0.39 is 6.29 Å². The van der Waals surface area contributed by atoms with E-state index in [9.17, 15) is 4.79 Å². The number of hydrogen-bond donors (Lipinski definition) is 0. The molecule has 5 nitrogen and oxygen atoms in total. The SMILES string of the molecule is CO[C@@H]1CC[C@H]2c3c(c4ccccc4oc3=O)O[C@H]2O1. The lowest BCUT2D eigenvalue weighted by Gasteiger charge is -2.29. The zero-order chi connectivity index (χ0) is 13.7. The Hall–Kier alpha value is -1.85. The molecule has 2 aliphatic heterocycles. The van der Waals surface area contributed by atoms with E-state index in [0.717, 1.165) is 18.2 Å². The first-order valence-electron chi connectivity index (χ1n) is 6.68. The van der Waals surface area contributed by atoms with E-state index >= 15 is 0 Å². The fraction of sp³-hybridized carbons (Fsp3) is 0.400. The minimum atomic E-state index is -0.461. The molecule has 1 saturated heterocycles. The molecule has 0 saturated carbocycles. The Morgan fingerprint density at radius 3 is 2.95 bits per heavy atom. The second-order valence-corrected chi connectivity index (χ2v) is 5.10. The molecule has 2 aliphatic rings. The third-order valence-corrected chi connectivity index (χ3v) is 3.99. The van der Waals surface area contributed by atoms with Crippen LogP contribution in [0.25, 0.3) is 11.0 Å². The molecule has 5 heteroatoms. The molecule has 2 aromatic rings. The van der Waals surface area contributed by atoms with Crippen LogP contribution >= 0.6 is 0 Å². The van der Waals surface area contributed by atoms with Gasteiger partial charge in [0.05, 0.1) is 16.9 Å². The molecular weight excluding hydrogens is 260 g/mol. The lowest BCUT2D eigenvalue weighted by Crippen LogP contribution is -2.35. The first-order chi connectivity index (χ1) is 9.78. The first-order valence-corrected chi connectivity index (χ1v) is 6.68. The Kier molecular flexibility index (Phi) is 2.58. The predicted octanol–water partition coefficient (Wildman–Crippen LogP) is 2.38. The molecule has 0 unspecified atom stereocenters. The maximum Gasteiger partial charge on any atom is 0.343 e. The minimum Gasteiger partial charge on any atom is -0.463 e. The molecule has 1 aromatic carbocycles. The van der Waals surface area contributed by atoms with Crippen LogP contribution in [0, 0.1) is 0 Å². The highest BCUT2D eigenvalue weighted by Crippen LogP contribution is 2.46. The van der Waals surface area contributed by atoms with Gasteiger partial charge in [-0.05, 0) is 25.0 Å². The summed E-state index contributed by atoms with van der Waals surface area (Å²) in [5, 5.41) is 0.814. The van der Waals surface area contributed by atoms with Crippen LogP contribution in [0.15, 0.2) is 33.5 Å². The number of para-hydroxylation sites is 1. The number of rotatable bonds is 1. The maximum absolute atomic E-state index is 12.2. The summed E-state index contributed by atoms with van der Waals surface area (Å²) >= 11 is 0. The normalized spacial score (nSPS) is 27.9. The summed E-state index contributed by atoms with van der Waals surface area (Å²) in [7, 11) is 1.61. The second kappa shape index (κ2) is 4.33. The van der Waals surface area contributed by atoms with Gasteiger partial charge < -0.3 is 18.6 Å². The molecule has 4 rings (SSSR count). The van der Waals surface area contributed by atoms with Gasteiger partial charge in [0.1, 0.15) is 11.3 Å². The molecule has 0 spiro atoms. The van der Waals surface area contributed by atoms with Gasteiger partial charge in [-0.15, -0.1) is 0 Å². The lowest BCUT2D eigenvalue weighted by atomic mass is 9.93. The van der Waals surface area contributed by atoms with Crippen molar-refractivity contribution in [3.05, 3.63) is 40.2 Å². The highest BCUT2D eigenvalue weighted by molar-refractivity contribution is 5.85. The van der Waals surface area contributed by atoms with Crippen molar-refractivity contribution in [3.63, 3.8) is 0 Å². The van der Waals surface area contributed by atoms with E-state index in [0.29, 0.717) is 16.9 Å². The van der Waals surface area contributed by atoms with E-state index in [4.69, 9.17) is 18.6 Å². The number of benzene rings is 1. The van der Waals surface area contributed by atoms with Crippen LogP contribution in [-0.4, -0.2) is 19.7 Å². The molecule has 104 valence electrons. The maximum atomic E-state index is 12.2. The van der Waals surface area contributed by atoms with Gasteiger partial charge in [0.25, 0.3) is 0 Å². The number of hydrogen-bond acceptors (Lipinski definition) is 5. The topological polar surface area (TPSA) is 57.9 Å². The Bertz CT molecular complexity index is 720. The highest BCUT2D eigenvalue weighted by Gasteiger charge is 2.43. The van der Waals surface area contributed by atoms with Crippen LogP contribution < -0.4 is 10.4 Å². The van der Waals surface area contributed by atoms with Crippen molar-refractivity contribution in [2.24, 2.45) is 0 Å². The quantitative estimate of drug-likeness (QED) is 0.747. The molecule has 0 amide bonds. The predicted molar refractivity (Wildman–Crippen MR) is 70.8 cm³/mol. The second-order valence-electron chi connectivity index (χ2n) is 5.10. The van der Waals surface area contributed by atoms with Crippen molar-refractivity contribution in [1.82, 2.24) is 0 Å². The molecule has 0 aliphatic carbocycles. The Morgan fingerprint density at radius 1 is 1.25 bits per heavy atom. The van der Waals surface area contributed by atoms with Crippen molar-refractivity contribution in [2.75, 3.05) is 7.11 Å². The van der Waals surface area contributed by atoms with Gasteiger partial charge in [0.15, 0.2) is 6.29 Å². The zero-order valence-corrected chi connectivity index (χ0v) is 11.0. The van der Waals surface area contributed by atoms with Crippen molar-refractivity contribution in [1.29, 1.82) is 0 Å². The Labute approximate surface area is 115 Å². The van der Waals surface area contributed by atoms with Crippen molar-refractivity contribution >= 4 is 11.0 Å². The molecule has 3 atom stereocenters. The zero-order valence-electron chi connectivity index (χ0n) is 11.0. The smallest absolute Gasteiger partial charge is 0.343 e. The van der Waals surface area contributed by atoms with E-state index in [-0.39, 0.29) is 17.8 Å². The van der Waals surface area contributed by atoms with Crippen LogP contribution in [0.2, 0.25) is 0 Å². The van der Waals surface area contributed by atoms with Crippen LogP contribution in [0.1, 0.15) is 24.3 Å². The largest absolute Gasteiger partial charge is 0.463 e. The van der Waals surface area contributed by atoms with Gasteiger partial charge in [0.2, 0.25) is 6.29 Å². The summed E-state index contributed by atoms with van der Waals surface area (Å²) in [6.07, 6.45) is 0.799. The van der Waals surface area contributed by atoms with Crippen molar-refractivity contribution in [3.8, 4) is 5.75 Å². The van der Waals surface area contributed by atoms with E-state index in [2.05, 4.69) is 0 Å². The highest BCUT2D eigenvalue weighted by atomic mass is 16.8. The van der Waals surface area contributed by atoms with Gasteiger partial charge in [-0.3, -0.25) is 0 Å². The standard InChI is InChI=1S/C15H14O5/c1-17-11-7-6-9-12-13(20-15(9)19-11)8-4-2-3-5-10(8)18-14(12)16/h2-5,9,11,15H,6-7H2,1H3/t9-,11-,15+/m0/s1. The third-order valence-electron chi connectivity index (χ3n) is 3.99. The number of fused-ring (bicyclic) bond motifs is 5. The lowest BCUT2D eigenvalue weighted by molar-refractivity contribution is -0.232. The Morgan fingerprint density at radius 2 is 2.10 bits per heavy atom. The third kappa shape index (κ3) is 1.60. The van der Waals surface area contributed by atoms with E-state index in [1.165, 1.54) is 0 Å². The number of methoxy groups -OCH3 is 1. The molecule has 0 N–H and O–H groups in total. The first kappa shape index (κ1) is 11.9. The fourth-order valence-corrected chi connectivity index (χ4v) is 3.03. The van der Waals surface area contributed by atoms with Crippen LogP contribution in [0.4, 0.5) is 0 Å². The summed E-state index contributed by atoms with van der Waals surface area (Å²) in [5.74, 6) is 0.529. The summed E-state index contributed by atoms with van der Waals surface area (Å²) in [4.78, 5) is 12.2. The van der Waals surface area contributed by atoms with E-state index in [1.807, 2.05) is 18.2 Å². The van der Waals surface area contributed by atoms with Gasteiger partial charge in [-0.1, -0.05) is 12.1 Å². The summed E-state index contributed by atoms with van der Waals surface area (Å²) < 4.78 is 22.2. The monoisotopic (exact) mass is 274 g/mol. The van der Waals surface area contributed by atoms with Crippen molar-refractivity contribution in [2.45, 2.75) is 31.3 Å². The summed E-state index contributed by atoms with van der Waals surface area (Å²) in [6.45, 7) is 0. The molecule has 1 aromatic heterocycles. The van der Waals surface area contributed by atoms with Gasteiger partial charge in [-0.2, -0.15) is 0 Å². The molecule has 0 bridgehead atoms. The molecular formula is C15H14O5. The average Bonchev–Trinajstić information content (AvgIpc) is 2.86. The molecule has 3 heterocycles. The van der Waals surface area contributed by atoms with Gasteiger partial charge in [-0.25, -0.2) is 4.79 Å². The van der Waals surface area contributed by atoms with Crippen LogP contribution in [-0.2, 0) is 9.47 Å². The Balaban J connectivity index is 1.86. The molecule has 1 fully saturated rings. The molecule has 0 radical (unpaired) electrons. The summed E-state index contributed by atoms with van der Waals surface area (Å²) in [5.41, 5.74) is 0.812. The van der Waals surface area contributed by atoms with Gasteiger partial charge in [0, 0.05) is 7.11 Å². The van der Waals surface area contributed by atoms with Gasteiger partial charge >= 0.3 is 5.63 Å². The summed E-state index contributed by atoms with van der Waals surface area (Å²) in [6, 6.07) is 7.38. The van der Waals surface area contributed by atoms with Crippen LogP contribution in [0.5, 0.6) is 5.75 Å². The minimum absolute atomic E-state index is 0.0720. The fourth-order valence-electron chi connectivity index (χ4n) is 3.03. The van der Waals surface area contributed by atoms with E-state index in [1.54, 1.807) is 13.2 Å².